The molecule has 2 heterocycles. The lowest BCUT2D eigenvalue weighted by Crippen LogP contribution is -2.10. The van der Waals surface area contributed by atoms with Gasteiger partial charge >= 0.3 is 0 Å². The van der Waals surface area contributed by atoms with Gasteiger partial charge in [0.15, 0.2) is 5.58 Å². The van der Waals surface area contributed by atoms with Crippen molar-refractivity contribution in [3.05, 3.63) is 194 Å². The van der Waals surface area contributed by atoms with E-state index in [4.69, 9.17) is 4.42 Å². The first-order chi connectivity index (χ1) is 26.7. The summed E-state index contributed by atoms with van der Waals surface area (Å²) in [5.74, 6) is 0.765. The lowest BCUT2D eigenvalue weighted by Gasteiger charge is -2.26. The summed E-state index contributed by atoms with van der Waals surface area (Å²) < 4.78 is 8.97. The Bertz CT molecular complexity index is 3080. The third kappa shape index (κ3) is 5.05. The summed E-state index contributed by atoms with van der Waals surface area (Å²) in [7, 11) is 0. The molecule has 0 saturated carbocycles. The maximum atomic E-state index is 6.56. The van der Waals surface area contributed by atoms with Crippen LogP contribution in [0.5, 0.6) is 0 Å². The van der Waals surface area contributed by atoms with Crippen LogP contribution in [0, 0.1) is 0 Å². The maximum absolute atomic E-state index is 6.56. The van der Waals surface area contributed by atoms with Crippen LogP contribution < -0.4 is 4.90 Å². The molecule has 0 atom stereocenters. The number of aromatic nitrogens is 1. The maximum Gasteiger partial charge on any atom is 0.159 e. The summed E-state index contributed by atoms with van der Waals surface area (Å²) in [6.07, 6.45) is 5.94. The molecular weight excluding hydrogens is 657 g/mol. The van der Waals surface area contributed by atoms with E-state index < -0.39 is 0 Å². The van der Waals surface area contributed by atoms with E-state index in [2.05, 4.69) is 192 Å². The van der Waals surface area contributed by atoms with Gasteiger partial charge in [-0.1, -0.05) is 134 Å². The van der Waals surface area contributed by atoms with Crippen LogP contribution in [0.1, 0.15) is 18.2 Å². The number of rotatable bonds is 7. The minimum absolute atomic E-state index is 0.765. The van der Waals surface area contributed by atoms with Crippen molar-refractivity contribution >= 4 is 83.5 Å². The molecule has 0 spiro atoms. The number of fused-ring (bicyclic) bond motifs is 6. The molecule has 0 saturated heterocycles. The van der Waals surface area contributed by atoms with Gasteiger partial charge in [0, 0.05) is 38.5 Å². The van der Waals surface area contributed by atoms with Gasteiger partial charge < -0.3 is 13.9 Å². The fraction of sp³-hybridized carbons (Fsp3) is 0.0196. The first-order valence-corrected chi connectivity index (χ1v) is 18.4. The first-order valence-electron chi connectivity index (χ1n) is 18.4. The normalized spacial score (nSPS) is 11.8. The Hall–Kier alpha value is -7.10. The van der Waals surface area contributed by atoms with Crippen molar-refractivity contribution in [3.63, 3.8) is 0 Å². The quantitative estimate of drug-likeness (QED) is 0.166. The largest absolute Gasteiger partial charge is 0.454 e. The Morgan fingerprint density at radius 2 is 1.20 bits per heavy atom. The monoisotopic (exact) mass is 692 g/mol. The highest BCUT2D eigenvalue weighted by atomic mass is 16.3. The third-order valence-electron chi connectivity index (χ3n) is 10.7. The second kappa shape index (κ2) is 12.8. The standard InChI is InChI=1S/C51H36N2O/c1-3-13-43-44-20-12-23-49(51(44)54-50(43)4-2)52(40-30-26-34-14-5-6-16-37(34)32-40)39-28-24-35(25-29-39)38-27-31-48-45(33-38)42-19-9-10-21-47(42)53(48)46-22-11-17-36-15-7-8-18-41(36)46/h3-33H,2H2,1H3/b13-3-. The Balaban J connectivity index is 1.12. The van der Waals surface area contributed by atoms with Crippen molar-refractivity contribution in [2.45, 2.75) is 6.92 Å². The smallest absolute Gasteiger partial charge is 0.159 e. The van der Waals surface area contributed by atoms with Gasteiger partial charge in [0.1, 0.15) is 5.76 Å². The summed E-state index contributed by atoms with van der Waals surface area (Å²) >= 11 is 0. The molecule has 0 aliphatic carbocycles. The second-order valence-electron chi connectivity index (χ2n) is 13.7. The molecule has 10 rings (SSSR count). The highest BCUT2D eigenvalue weighted by molar-refractivity contribution is 6.12. The van der Waals surface area contributed by atoms with E-state index in [1.165, 1.54) is 54.6 Å². The van der Waals surface area contributed by atoms with Crippen molar-refractivity contribution in [3.8, 4) is 16.8 Å². The highest BCUT2D eigenvalue weighted by Gasteiger charge is 2.21. The molecule has 10 aromatic rings. The number of anilines is 3. The number of nitrogens with zero attached hydrogens (tertiary/aromatic N) is 2. The molecule has 256 valence electrons. The van der Waals surface area contributed by atoms with Gasteiger partial charge in [0.25, 0.3) is 0 Å². The van der Waals surface area contributed by atoms with Crippen LogP contribution >= 0.6 is 0 Å². The summed E-state index contributed by atoms with van der Waals surface area (Å²) in [6.45, 7) is 6.08. The summed E-state index contributed by atoms with van der Waals surface area (Å²) in [5.41, 5.74) is 10.8. The average Bonchev–Trinajstić information content (AvgIpc) is 3.76. The van der Waals surface area contributed by atoms with E-state index in [0.29, 0.717) is 0 Å². The molecule has 0 aliphatic rings. The molecule has 54 heavy (non-hydrogen) atoms. The average molecular weight is 693 g/mol. The van der Waals surface area contributed by atoms with E-state index in [1.54, 1.807) is 6.08 Å². The predicted molar refractivity (Wildman–Crippen MR) is 230 cm³/mol. The number of hydrogen-bond donors (Lipinski definition) is 0. The van der Waals surface area contributed by atoms with Crippen LogP contribution in [0.15, 0.2) is 187 Å². The van der Waals surface area contributed by atoms with Gasteiger partial charge in [-0.15, -0.1) is 0 Å². The number of para-hydroxylation sites is 2. The molecule has 2 aromatic heterocycles. The summed E-state index contributed by atoms with van der Waals surface area (Å²) in [5, 5.41) is 8.38. The number of benzene rings is 8. The van der Waals surface area contributed by atoms with E-state index in [1.807, 2.05) is 13.0 Å². The Morgan fingerprint density at radius 1 is 0.537 bits per heavy atom. The fourth-order valence-corrected chi connectivity index (χ4v) is 8.17. The van der Waals surface area contributed by atoms with Crippen molar-refractivity contribution in [2.24, 2.45) is 0 Å². The second-order valence-corrected chi connectivity index (χ2v) is 13.7. The number of furan rings is 1. The molecule has 3 nitrogen and oxygen atoms in total. The van der Waals surface area contributed by atoms with Crippen molar-refractivity contribution in [1.29, 1.82) is 0 Å². The summed E-state index contributed by atoms with van der Waals surface area (Å²) in [4.78, 5) is 2.30. The van der Waals surface area contributed by atoms with Crippen molar-refractivity contribution in [2.75, 3.05) is 4.90 Å². The van der Waals surface area contributed by atoms with Crippen LogP contribution in [0.4, 0.5) is 17.1 Å². The Kier molecular flexibility index (Phi) is 7.52. The predicted octanol–water partition coefficient (Wildman–Crippen LogP) is 14.6. The molecule has 0 unspecified atom stereocenters. The lowest BCUT2D eigenvalue weighted by molar-refractivity contribution is 0.604. The Morgan fingerprint density at radius 3 is 2.04 bits per heavy atom. The van der Waals surface area contributed by atoms with Gasteiger partial charge in [0.05, 0.1) is 22.4 Å². The molecule has 0 radical (unpaired) electrons. The molecule has 3 heteroatoms. The number of hydrogen-bond acceptors (Lipinski definition) is 2. The van der Waals surface area contributed by atoms with E-state index in [9.17, 15) is 0 Å². The topological polar surface area (TPSA) is 21.3 Å². The van der Waals surface area contributed by atoms with E-state index >= 15 is 0 Å². The van der Waals surface area contributed by atoms with Crippen molar-refractivity contribution in [1.82, 2.24) is 4.57 Å². The molecule has 0 amide bonds. The minimum Gasteiger partial charge on any atom is -0.454 e. The van der Waals surface area contributed by atoms with E-state index in [0.717, 1.165) is 44.9 Å². The molecule has 0 fully saturated rings. The van der Waals surface area contributed by atoms with Crippen LogP contribution in [-0.2, 0) is 0 Å². The van der Waals surface area contributed by atoms with E-state index in [-0.39, 0.29) is 0 Å². The summed E-state index contributed by atoms with van der Waals surface area (Å²) in [6, 6.07) is 61.2. The van der Waals surface area contributed by atoms with Gasteiger partial charge in [-0.3, -0.25) is 0 Å². The van der Waals surface area contributed by atoms with Crippen molar-refractivity contribution < 1.29 is 4.42 Å². The van der Waals surface area contributed by atoms with Crippen LogP contribution in [-0.4, -0.2) is 4.57 Å². The zero-order valence-electron chi connectivity index (χ0n) is 29.9. The third-order valence-corrected chi connectivity index (χ3v) is 10.7. The zero-order chi connectivity index (χ0) is 36.2. The highest BCUT2D eigenvalue weighted by Crippen LogP contribution is 2.43. The SMILES string of the molecule is C=Cc1oc2c(N(c3ccc(-c4ccc5c(c4)c4ccccc4n5-c4cccc5ccccc45)cc3)c3ccc4ccccc4c3)cccc2c1/C=C\C. The minimum atomic E-state index is 0.765. The zero-order valence-corrected chi connectivity index (χ0v) is 29.9. The van der Waals surface area contributed by atoms with Gasteiger partial charge in [0.2, 0.25) is 0 Å². The number of allylic oxidation sites excluding steroid dienone is 1. The molecule has 8 aromatic carbocycles. The van der Waals surface area contributed by atoms with Gasteiger partial charge in [-0.2, -0.15) is 0 Å². The van der Waals surface area contributed by atoms with Gasteiger partial charge in [-0.25, -0.2) is 0 Å². The first kappa shape index (κ1) is 31.6. The van der Waals surface area contributed by atoms with Crippen LogP contribution in [0.2, 0.25) is 0 Å². The van der Waals surface area contributed by atoms with Crippen LogP contribution in [0.3, 0.4) is 0 Å². The molecular formula is C51H36N2O. The fourth-order valence-electron chi connectivity index (χ4n) is 8.17. The van der Waals surface area contributed by atoms with Gasteiger partial charge in [-0.05, 0) is 94.9 Å². The molecule has 0 N–H and O–H groups in total. The Labute approximate surface area is 313 Å². The molecule has 0 aliphatic heterocycles. The lowest BCUT2D eigenvalue weighted by atomic mass is 10.0. The van der Waals surface area contributed by atoms with Crippen LogP contribution in [0.25, 0.3) is 83.3 Å². The molecule has 0 bridgehead atoms.